The van der Waals surface area contributed by atoms with Crippen LogP contribution < -0.4 is 0 Å². The van der Waals surface area contributed by atoms with E-state index in [9.17, 15) is 17.9 Å². The van der Waals surface area contributed by atoms with Gasteiger partial charge in [0.25, 0.3) is 0 Å². The second-order valence-corrected chi connectivity index (χ2v) is 4.73. The minimum Gasteiger partial charge on any atom is -0.507 e. The molecule has 0 aliphatic rings. The molecular formula is C9H9FO3S. The first-order valence-electron chi connectivity index (χ1n) is 3.75. The molecule has 0 amide bonds. The van der Waals surface area contributed by atoms with Crippen molar-refractivity contribution in [3.63, 3.8) is 0 Å². The number of hydrogen-bond donors (Lipinski definition) is 1. The molecule has 5 heteroatoms. The van der Waals surface area contributed by atoms with Crippen LogP contribution >= 0.6 is 0 Å². The number of sulfone groups is 1. The smallest absolute Gasteiger partial charge is 0.172 e. The van der Waals surface area contributed by atoms with E-state index < -0.39 is 21.4 Å². The van der Waals surface area contributed by atoms with Crippen LogP contribution in [0.4, 0.5) is 4.39 Å². The summed E-state index contributed by atoms with van der Waals surface area (Å²) in [5.74, 6) is -0.839. The minimum absolute atomic E-state index is 0.261. The Kier molecular flexibility index (Phi) is 2.90. The van der Waals surface area contributed by atoms with Gasteiger partial charge in [0, 0.05) is 11.8 Å². The summed E-state index contributed by atoms with van der Waals surface area (Å²) < 4.78 is 34.0. The number of rotatable bonds is 2. The van der Waals surface area contributed by atoms with Crippen LogP contribution in [-0.2, 0) is 9.84 Å². The van der Waals surface area contributed by atoms with E-state index in [0.29, 0.717) is 0 Å². The van der Waals surface area contributed by atoms with Gasteiger partial charge in [-0.3, -0.25) is 0 Å². The zero-order valence-corrected chi connectivity index (χ0v) is 8.25. The highest BCUT2D eigenvalue weighted by molar-refractivity contribution is 7.93. The molecule has 0 spiro atoms. The van der Waals surface area contributed by atoms with Crippen LogP contribution in [0.1, 0.15) is 5.56 Å². The van der Waals surface area contributed by atoms with Gasteiger partial charge >= 0.3 is 0 Å². The Labute approximate surface area is 81.4 Å². The van der Waals surface area contributed by atoms with Crippen LogP contribution in [0.3, 0.4) is 0 Å². The third-order valence-electron chi connectivity index (χ3n) is 1.47. The number of benzene rings is 1. The second-order valence-electron chi connectivity index (χ2n) is 2.84. The van der Waals surface area contributed by atoms with Gasteiger partial charge in [-0.1, -0.05) is 0 Å². The largest absolute Gasteiger partial charge is 0.507 e. The maximum absolute atomic E-state index is 12.5. The Morgan fingerprint density at radius 2 is 1.86 bits per heavy atom. The van der Waals surface area contributed by atoms with Crippen molar-refractivity contribution in [1.29, 1.82) is 0 Å². The van der Waals surface area contributed by atoms with Gasteiger partial charge in [-0.05, 0) is 24.3 Å². The highest BCUT2D eigenvalue weighted by atomic mass is 32.2. The van der Waals surface area contributed by atoms with Crippen molar-refractivity contribution >= 4 is 15.6 Å². The molecule has 0 fully saturated rings. The first kappa shape index (κ1) is 10.7. The lowest BCUT2D eigenvalue weighted by Crippen LogP contribution is -1.92. The average molecular weight is 216 g/mol. The molecule has 3 nitrogen and oxygen atoms in total. The summed E-state index contributed by atoms with van der Waals surface area (Å²) in [6, 6.07) is 4.88. The fourth-order valence-electron chi connectivity index (χ4n) is 0.891. The predicted molar refractivity (Wildman–Crippen MR) is 51.8 cm³/mol. The van der Waals surface area contributed by atoms with E-state index in [1.54, 1.807) is 0 Å². The maximum Gasteiger partial charge on any atom is 0.172 e. The Morgan fingerprint density at radius 3 is 2.29 bits per heavy atom. The molecule has 1 rings (SSSR count). The van der Waals surface area contributed by atoms with E-state index >= 15 is 0 Å². The van der Waals surface area contributed by atoms with Gasteiger partial charge in [0.15, 0.2) is 9.84 Å². The molecular weight excluding hydrogens is 207 g/mol. The van der Waals surface area contributed by atoms with Crippen molar-refractivity contribution in [3.05, 3.63) is 41.1 Å². The number of aliphatic hydroxyl groups excluding tert-OH is 1. The second kappa shape index (κ2) is 3.79. The zero-order valence-electron chi connectivity index (χ0n) is 7.44. The standard InChI is InChI=1S/C9H9FO3S/c1-14(12,13)6-9(11)7-2-4-8(10)5-3-7/h2-6,11H,1H3. The monoisotopic (exact) mass is 216 g/mol. The molecule has 0 heterocycles. The van der Waals surface area contributed by atoms with Gasteiger partial charge in [-0.2, -0.15) is 0 Å². The third-order valence-corrected chi connectivity index (χ3v) is 2.12. The van der Waals surface area contributed by atoms with Gasteiger partial charge in [0.1, 0.15) is 11.6 Å². The van der Waals surface area contributed by atoms with Crippen LogP contribution in [0.25, 0.3) is 5.76 Å². The predicted octanol–water partition coefficient (Wildman–Crippen LogP) is 1.73. The fraction of sp³-hybridized carbons (Fsp3) is 0.111. The van der Waals surface area contributed by atoms with Gasteiger partial charge in [-0.15, -0.1) is 0 Å². The molecule has 0 aliphatic carbocycles. The Hall–Kier alpha value is -1.36. The summed E-state index contributed by atoms with van der Waals surface area (Å²) in [5.41, 5.74) is 0.261. The SMILES string of the molecule is CS(=O)(=O)C=C(O)c1ccc(F)cc1. The Morgan fingerprint density at radius 1 is 1.36 bits per heavy atom. The van der Waals surface area contributed by atoms with Crippen LogP contribution in [0.5, 0.6) is 0 Å². The van der Waals surface area contributed by atoms with Crippen molar-refractivity contribution in [3.8, 4) is 0 Å². The molecule has 0 aromatic heterocycles. The molecule has 0 radical (unpaired) electrons. The molecule has 0 saturated carbocycles. The van der Waals surface area contributed by atoms with Crippen LogP contribution in [-0.4, -0.2) is 19.8 Å². The lowest BCUT2D eigenvalue weighted by molar-refractivity contribution is 0.511. The van der Waals surface area contributed by atoms with Crippen LogP contribution in [0.15, 0.2) is 29.7 Å². The number of hydrogen-bond acceptors (Lipinski definition) is 3. The molecule has 1 aromatic carbocycles. The summed E-state index contributed by atoms with van der Waals surface area (Å²) in [7, 11) is -3.39. The van der Waals surface area contributed by atoms with Crippen molar-refractivity contribution in [2.45, 2.75) is 0 Å². The molecule has 76 valence electrons. The summed E-state index contributed by atoms with van der Waals surface area (Å²) in [6.45, 7) is 0. The normalized spacial score (nSPS) is 12.9. The molecule has 0 atom stereocenters. The average Bonchev–Trinajstić information content (AvgIpc) is 2.02. The van der Waals surface area contributed by atoms with Gasteiger partial charge in [0.2, 0.25) is 0 Å². The lowest BCUT2D eigenvalue weighted by atomic mass is 10.2. The third kappa shape index (κ3) is 3.18. The first-order chi connectivity index (χ1) is 6.38. The molecule has 1 aromatic rings. The van der Waals surface area contributed by atoms with Gasteiger partial charge < -0.3 is 5.11 Å². The summed E-state index contributed by atoms with van der Waals surface area (Å²) >= 11 is 0. The van der Waals surface area contributed by atoms with E-state index in [4.69, 9.17) is 0 Å². The molecule has 0 bridgehead atoms. The van der Waals surface area contributed by atoms with E-state index in [1.807, 2.05) is 0 Å². The van der Waals surface area contributed by atoms with Crippen LogP contribution in [0.2, 0.25) is 0 Å². The molecule has 1 N–H and O–H groups in total. The Bertz CT molecular complexity index is 445. The fourth-order valence-corrected chi connectivity index (χ4v) is 1.43. The minimum atomic E-state index is -3.39. The number of halogens is 1. The van der Waals surface area contributed by atoms with Crippen LogP contribution in [0, 0.1) is 5.82 Å². The molecule has 0 saturated heterocycles. The summed E-state index contributed by atoms with van der Waals surface area (Å²) in [4.78, 5) is 0. The zero-order chi connectivity index (χ0) is 10.8. The highest BCUT2D eigenvalue weighted by Crippen LogP contribution is 2.12. The molecule has 14 heavy (non-hydrogen) atoms. The van der Waals surface area contributed by atoms with Crippen molar-refractivity contribution in [2.24, 2.45) is 0 Å². The van der Waals surface area contributed by atoms with Crippen molar-refractivity contribution < 1.29 is 17.9 Å². The van der Waals surface area contributed by atoms with Gasteiger partial charge in [-0.25, -0.2) is 12.8 Å². The lowest BCUT2D eigenvalue weighted by Gasteiger charge is -1.98. The number of aliphatic hydroxyl groups is 1. The van der Waals surface area contributed by atoms with E-state index in [2.05, 4.69) is 0 Å². The topological polar surface area (TPSA) is 54.4 Å². The van der Waals surface area contributed by atoms with Crippen molar-refractivity contribution in [1.82, 2.24) is 0 Å². The van der Waals surface area contributed by atoms with E-state index in [1.165, 1.54) is 12.1 Å². The molecule has 0 aliphatic heterocycles. The maximum atomic E-state index is 12.5. The summed E-state index contributed by atoms with van der Waals surface area (Å²) in [5, 5.41) is 10.0. The highest BCUT2D eigenvalue weighted by Gasteiger charge is 2.03. The quantitative estimate of drug-likeness (QED) is 0.766. The van der Waals surface area contributed by atoms with Crippen molar-refractivity contribution in [2.75, 3.05) is 6.26 Å². The Balaban J connectivity index is 3.07. The first-order valence-corrected chi connectivity index (χ1v) is 5.70. The van der Waals surface area contributed by atoms with E-state index in [-0.39, 0.29) is 5.56 Å². The van der Waals surface area contributed by atoms with Gasteiger partial charge in [0.05, 0.1) is 5.41 Å². The van der Waals surface area contributed by atoms with E-state index in [0.717, 1.165) is 23.8 Å². The molecule has 0 unspecified atom stereocenters. The summed E-state index contributed by atoms with van der Waals surface area (Å²) in [6.07, 6.45) is 0.965.